The van der Waals surface area contributed by atoms with Crippen LogP contribution in [0.25, 0.3) is 0 Å². The topological polar surface area (TPSA) is 52.7 Å². The van der Waals surface area contributed by atoms with Crippen molar-refractivity contribution >= 4 is 11.8 Å². The van der Waals surface area contributed by atoms with E-state index in [0.717, 1.165) is 24.2 Å². The van der Waals surface area contributed by atoms with Crippen molar-refractivity contribution in [1.29, 1.82) is 0 Å². The van der Waals surface area contributed by atoms with Gasteiger partial charge in [-0.1, -0.05) is 60.7 Å². The molecule has 5 heteroatoms. The molecule has 1 aliphatic heterocycles. The van der Waals surface area contributed by atoms with E-state index in [4.69, 9.17) is 0 Å². The van der Waals surface area contributed by atoms with Crippen LogP contribution in [0.5, 0.6) is 0 Å². The van der Waals surface area contributed by atoms with Crippen molar-refractivity contribution in [2.75, 3.05) is 39.8 Å². The van der Waals surface area contributed by atoms with Gasteiger partial charge >= 0.3 is 0 Å². The average Bonchev–Trinajstić information content (AvgIpc) is 2.70. The van der Waals surface area contributed by atoms with Crippen molar-refractivity contribution in [2.24, 2.45) is 0 Å². The van der Waals surface area contributed by atoms with E-state index in [2.05, 4.69) is 10.2 Å². The number of nitrogens with zero attached hydrogens (tertiary/aromatic N) is 2. The molecule has 0 unspecified atom stereocenters. The minimum atomic E-state index is -0.289. The fourth-order valence-electron chi connectivity index (χ4n) is 3.36. The molecule has 0 bridgehead atoms. The van der Waals surface area contributed by atoms with Crippen LogP contribution in [0.4, 0.5) is 0 Å². The van der Waals surface area contributed by atoms with Crippen LogP contribution in [0.15, 0.2) is 60.7 Å². The predicted octanol–water partition coefficient (Wildman–Crippen LogP) is 1.71. The summed E-state index contributed by atoms with van der Waals surface area (Å²) in [6, 6.07) is 19.9. The number of benzene rings is 2. The molecular formula is C21H25N3O2. The van der Waals surface area contributed by atoms with Gasteiger partial charge < -0.3 is 10.2 Å². The van der Waals surface area contributed by atoms with Crippen LogP contribution in [0.3, 0.4) is 0 Å². The number of piperazine rings is 1. The van der Waals surface area contributed by atoms with E-state index in [-0.39, 0.29) is 17.7 Å². The summed E-state index contributed by atoms with van der Waals surface area (Å²) in [5.74, 6) is -0.152. The van der Waals surface area contributed by atoms with Crippen LogP contribution < -0.4 is 5.32 Å². The average molecular weight is 351 g/mol. The van der Waals surface area contributed by atoms with Gasteiger partial charge in [-0.2, -0.15) is 0 Å². The highest BCUT2D eigenvalue weighted by atomic mass is 16.2. The molecule has 1 aliphatic rings. The van der Waals surface area contributed by atoms with Crippen LogP contribution in [0, 0.1) is 0 Å². The summed E-state index contributed by atoms with van der Waals surface area (Å²) in [6.45, 7) is 3.11. The molecule has 0 aliphatic carbocycles. The van der Waals surface area contributed by atoms with E-state index < -0.39 is 0 Å². The molecule has 2 aromatic rings. The highest BCUT2D eigenvalue weighted by Gasteiger charge is 2.30. The summed E-state index contributed by atoms with van der Waals surface area (Å²) < 4.78 is 0. The largest absolute Gasteiger partial charge is 0.358 e. The molecule has 1 heterocycles. The number of rotatable bonds is 5. The Morgan fingerprint density at radius 2 is 1.38 bits per heavy atom. The Balaban J connectivity index is 1.74. The second-order valence-corrected chi connectivity index (χ2v) is 6.53. The van der Waals surface area contributed by atoms with Crippen molar-refractivity contribution in [3.05, 3.63) is 71.8 Å². The molecule has 136 valence electrons. The number of hydrogen-bond acceptors (Lipinski definition) is 3. The van der Waals surface area contributed by atoms with E-state index in [1.807, 2.05) is 65.6 Å². The normalized spacial score (nSPS) is 15.1. The molecule has 0 aromatic heterocycles. The third-order valence-electron chi connectivity index (χ3n) is 4.84. The summed E-state index contributed by atoms with van der Waals surface area (Å²) in [6.07, 6.45) is 0. The van der Waals surface area contributed by atoms with E-state index in [1.54, 1.807) is 7.05 Å². The van der Waals surface area contributed by atoms with E-state index in [0.29, 0.717) is 19.6 Å². The predicted molar refractivity (Wildman–Crippen MR) is 102 cm³/mol. The van der Waals surface area contributed by atoms with E-state index in [9.17, 15) is 9.59 Å². The standard InChI is InChI=1S/C21H25N3O2/c1-22-19(25)16-23-12-14-24(15-13-23)21(26)20(17-8-4-2-5-9-17)18-10-6-3-7-11-18/h2-11,20H,12-16H2,1H3,(H,22,25). The third kappa shape index (κ3) is 4.29. The summed E-state index contributed by atoms with van der Waals surface area (Å²) in [4.78, 5) is 28.9. The van der Waals surface area contributed by atoms with Gasteiger partial charge in [0.1, 0.15) is 0 Å². The number of likely N-dealkylation sites (N-methyl/N-ethyl adjacent to an activating group) is 1. The zero-order valence-corrected chi connectivity index (χ0v) is 15.1. The molecule has 0 spiro atoms. The Kier molecular flexibility index (Phi) is 6.02. The molecule has 5 nitrogen and oxygen atoms in total. The molecule has 1 saturated heterocycles. The lowest BCUT2D eigenvalue weighted by Crippen LogP contribution is -2.52. The minimum Gasteiger partial charge on any atom is -0.358 e. The van der Waals surface area contributed by atoms with E-state index in [1.165, 1.54) is 0 Å². The molecule has 0 atom stereocenters. The van der Waals surface area contributed by atoms with Crippen molar-refractivity contribution in [2.45, 2.75) is 5.92 Å². The summed E-state index contributed by atoms with van der Waals surface area (Å²) >= 11 is 0. The Labute approximate surface area is 154 Å². The number of hydrogen-bond donors (Lipinski definition) is 1. The first-order valence-electron chi connectivity index (χ1n) is 9.00. The van der Waals surface area contributed by atoms with Crippen molar-refractivity contribution in [3.8, 4) is 0 Å². The number of amides is 2. The Morgan fingerprint density at radius 1 is 0.885 bits per heavy atom. The van der Waals surface area contributed by atoms with Crippen LogP contribution in [-0.2, 0) is 9.59 Å². The molecular weight excluding hydrogens is 326 g/mol. The first-order chi connectivity index (χ1) is 12.7. The Hall–Kier alpha value is -2.66. The summed E-state index contributed by atoms with van der Waals surface area (Å²) in [5, 5.41) is 2.65. The lowest BCUT2D eigenvalue weighted by atomic mass is 9.90. The van der Waals surface area contributed by atoms with Gasteiger partial charge in [0.2, 0.25) is 11.8 Å². The number of carbonyl (C=O) groups is 2. The summed E-state index contributed by atoms with van der Waals surface area (Å²) in [7, 11) is 1.65. The Bertz CT molecular complexity index is 686. The summed E-state index contributed by atoms with van der Waals surface area (Å²) in [5.41, 5.74) is 2.02. The quantitative estimate of drug-likeness (QED) is 0.892. The van der Waals surface area contributed by atoms with E-state index >= 15 is 0 Å². The lowest BCUT2D eigenvalue weighted by molar-refractivity contribution is -0.133. The highest BCUT2D eigenvalue weighted by Crippen LogP contribution is 2.27. The Morgan fingerprint density at radius 3 is 1.85 bits per heavy atom. The maximum atomic E-state index is 13.3. The van der Waals surface area contributed by atoms with Gasteiger partial charge in [-0.05, 0) is 11.1 Å². The van der Waals surface area contributed by atoms with Gasteiger partial charge in [-0.3, -0.25) is 14.5 Å². The van der Waals surface area contributed by atoms with Crippen LogP contribution >= 0.6 is 0 Å². The first kappa shape index (κ1) is 18.1. The van der Waals surface area contributed by atoms with Gasteiger partial charge in [0.25, 0.3) is 0 Å². The monoisotopic (exact) mass is 351 g/mol. The van der Waals surface area contributed by atoms with Gasteiger partial charge in [-0.15, -0.1) is 0 Å². The van der Waals surface area contributed by atoms with Crippen molar-refractivity contribution < 1.29 is 9.59 Å². The maximum Gasteiger partial charge on any atom is 0.234 e. The number of nitrogens with one attached hydrogen (secondary N) is 1. The molecule has 0 saturated carbocycles. The van der Waals surface area contributed by atoms with Crippen molar-refractivity contribution in [3.63, 3.8) is 0 Å². The smallest absolute Gasteiger partial charge is 0.234 e. The maximum absolute atomic E-state index is 13.3. The number of carbonyl (C=O) groups excluding carboxylic acids is 2. The second kappa shape index (κ2) is 8.63. The SMILES string of the molecule is CNC(=O)CN1CCN(C(=O)C(c2ccccc2)c2ccccc2)CC1. The molecule has 26 heavy (non-hydrogen) atoms. The van der Waals surface area contributed by atoms with Gasteiger partial charge in [0, 0.05) is 33.2 Å². The molecule has 2 aromatic carbocycles. The van der Waals surface area contributed by atoms with Crippen LogP contribution in [0.1, 0.15) is 17.0 Å². The molecule has 3 rings (SSSR count). The van der Waals surface area contributed by atoms with Crippen molar-refractivity contribution in [1.82, 2.24) is 15.1 Å². The fraction of sp³-hybridized carbons (Fsp3) is 0.333. The molecule has 0 radical (unpaired) electrons. The van der Waals surface area contributed by atoms with Gasteiger partial charge in [0.15, 0.2) is 0 Å². The van der Waals surface area contributed by atoms with Crippen LogP contribution in [-0.4, -0.2) is 61.4 Å². The molecule has 1 N–H and O–H groups in total. The van der Waals surface area contributed by atoms with Gasteiger partial charge in [0.05, 0.1) is 12.5 Å². The zero-order chi connectivity index (χ0) is 18.4. The fourth-order valence-corrected chi connectivity index (χ4v) is 3.36. The van der Waals surface area contributed by atoms with Gasteiger partial charge in [-0.25, -0.2) is 0 Å². The highest BCUT2D eigenvalue weighted by molar-refractivity contribution is 5.87. The third-order valence-corrected chi connectivity index (χ3v) is 4.84. The minimum absolute atomic E-state index is 0.0104. The molecule has 2 amide bonds. The van der Waals surface area contributed by atoms with Crippen LogP contribution in [0.2, 0.25) is 0 Å². The zero-order valence-electron chi connectivity index (χ0n) is 15.1. The first-order valence-corrected chi connectivity index (χ1v) is 9.00. The lowest BCUT2D eigenvalue weighted by Gasteiger charge is -2.36. The second-order valence-electron chi connectivity index (χ2n) is 6.53. The molecule has 1 fully saturated rings.